The van der Waals surface area contributed by atoms with E-state index in [1.807, 2.05) is 0 Å². The average Bonchev–Trinajstić information content (AvgIpc) is 3.51. The third-order valence-electron chi connectivity index (χ3n) is 5.25. The molecule has 31 heavy (non-hydrogen) atoms. The molecule has 1 amide bonds. The molecule has 0 aliphatic carbocycles. The van der Waals surface area contributed by atoms with Gasteiger partial charge < -0.3 is 9.42 Å². The summed E-state index contributed by atoms with van der Waals surface area (Å²) in [6.45, 7) is 2.24. The Morgan fingerprint density at radius 1 is 1.32 bits per heavy atom. The highest BCUT2D eigenvalue weighted by Gasteiger charge is 2.38. The van der Waals surface area contributed by atoms with E-state index in [-0.39, 0.29) is 22.9 Å². The van der Waals surface area contributed by atoms with Gasteiger partial charge >= 0.3 is 6.18 Å². The van der Waals surface area contributed by atoms with Crippen LogP contribution < -0.4 is 0 Å². The molecule has 160 valence electrons. The van der Waals surface area contributed by atoms with Crippen LogP contribution in [0.5, 0.6) is 0 Å². The Morgan fingerprint density at radius 3 is 2.84 bits per heavy atom. The van der Waals surface area contributed by atoms with Crippen LogP contribution in [0.1, 0.15) is 46.4 Å². The molecule has 0 radical (unpaired) electrons. The first-order chi connectivity index (χ1) is 14.8. The van der Waals surface area contributed by atoms with Crippen molar-refractivity contribution in [3.63, 3.8) is 0 Å². The van der Waals surface area contributed by atoms with Gasteiger partial charge in [0.2, 0.25) is 0 Å². The third kappa shape index (κ3) is 3.38. The van der Waals surface area contributed by atoms with Crippen molar-refractivity contribution < 1.29 is 22.5 Å². The lowest BCUT2D eigenvalue weighted by molar-refractivity contribution is -0.142. The van der Waals surface area contributed by atoms with Gasteiger partial charge in [0.05, 0.1) is 28.5 Å². The molecular formula is C20H16F3N5O2S. The van der Waals surface area contributed by atoms with Crippen LogP contribution >= 0.6 is 11.3 Å². The van der Waals surface area contributed by atoms with Gasteiger partial charge in [-0.05, 0) is 37.3 Å². The molecule has 0 unspecified atom stereocenters. The standard InChI is InChI=1S/C20H16F3N5O2S/c1-11-8-15(30-26-11)14-4-2-6-27(14)19(29)12-10-24-28-17(20(21,22)23)9-13(25-18(12)28)16-5-3-7-31-16/h3,5,7-10,14H,2,4,6H2,1H3/t14-/m1/s1. The maximum absolute atomic E-state index is 13.7. The van der Waals surface area contributed by atoms with Crippen molar-refractivity contribution in [2.45, 2.75) is 32.0 Å². The lowest BCUT2D eigenvalue weighted by Crippen LogP contribution is -2.30. The first-order valence-corrected chi connectivity index (χ1v) is 10.4. The van der Waals surface area contributed by atoms with Crippen molar-refractivity contribution in [1.82, 2.24) is 24.7 Å². The van der Waals surface area contributed by atoms with Gasteiger partial charge in [-0.25, -0.2) is 9.50 Å². The van der Waals surface area contributed by atoms with Gasteiger partial charge in [0, 0.05) is 12.6 Å². The Balaban J connectivity index is 1.61. The number of hydrogen-bond donors (Lipinski definition) is 0. The van der Waals surface area contributed by atoms with E-state index in [2.05, 4.69) is 15.2 Å². The number of alkyl halides is 3. The number of likely N-dealkylation sites (tertiary alicyclic amines) is 1. The quantitative estimate of drug-likeness (QED) is 0.453. The second-order valence-electron chi connectivity index (χ2n) is 7.32. The monoisotopic (exact) mass is 447 g/mol. The van der Waals surface area contributed by atoms with E-state index in [0.717, 1.165) is 18.7 Å². The van der Waals surface area contributed by atoms with Gasteiger partial charge in [0.25, 0.3) is 5.91 Å². The summed E-state index contributed by atoms with van der Waals surface area (Å²) in [5.74, 6) is 0.124. The van der Waals surface area contributed by atoms with E-state index in [9.17, 15) is 18.0 Å². The fourth-order valence-electron chi connectivity index (χ4n) is 3.87. The molecule has 0 bridgehead atoms. The summed E-state index contributed by atoms with van der Waals surface area (Å²) in [5, 5.41) is 9.49. The number of amides is 1. The topological polar surface area (TPSA) is 76.5 Å². The van der Waals surface area contributed by atoms with Crippen molar-refractivity contribution in [2.75, 3.05) is 6.54 Å². The minimum atomic E-state index is -4.66. The van der Waals surface area contributed by atoms with Crippen LogP contribution in [-0.4, -0.2) is 37.1 Å². The number of carbonyl (C=O) groups is 1. The summed E-state index contributed by atoms with van der Waals surface area (Å²) >= 11 is 1.27. The molecule has 7 nitrogen and oxygen atoms in total. The minimum absolute atomic E-state index is 0.0204. The SMILES string of the molecule is Cc1cc([C@H]2CCCN2C(=O)c2cnn3c(C(F)(F)F)cc(-c4cccs4)nc23)on1. The van der Waals surface area contributed by atoms with Gasteiger partial charge in [-0.3, -0.25) is 4.79 Å². The number of halogens is 3. The molecule has 0 N–H and O–H groups in total. The molecule has 1 saturated heterocycles. The Kier molecular flexibility index (Phi) is 4.58. The van der Waals surface area contributed by atoms with E-state index in [1.165, 1.54) is 11.3 Å². The van der Waals surface area contributed by atoms with E-state index < -0.39 is 17.8 Å². The molecule has 11 heteroatoms. The van der Waals surface area contributed by atoms with Crippen LogP contribution in [0.4, 0.5) is 13.2 Å². The number of thiophene rings is 1. The fraction of sp³-hybridized carbons (Fsp3) is 0.300. The smallest absolute Gasteiger partial charge is 0.359 e. The van der Waals surface area contributed by atoms with Crippen LogP contribution in [0.2, 0.25) is 0 Å². The molecule has 0 spiro atoms. The molecule has 1 aliphatic heterocycles. The summed E-state index contributed by atoms with van der Waals surface area (Å²) in [6, 6.07) is 5.81. The molecule has 1 fully saturated rings. The molecule has 5 heterocycles. The van der Waals surface area contributed by atoms with Gasteiger partial charge in [-0.15, -0.1) is 11.3 Å². The second kappa shape index (κ2) is 7.19. The summed E-state index contributed by atoms with van der Waals surface area (Å²) in [7, 11) is 0. The molecule has 1 aliphatic rings. The summed E-state index contributed by atoms with van der Waals surface area (Å²) in [6.07, 6.45) is -2.08. The van der Waals surface area contributed by atoms with Gasteiger partial charge in [0.1, 0.15) is 5.56 Å². The van der Waals surface area contributed by atoms with E-state index >= 15 is 0 Å². The van der Waals surface area contributed by atoms with E-state index in [1.54, 1.807) is 35.4 Å². The fourth-order valence-corrected chi connectivity index (χ4v) is 4.55. The number of nitrogens with zero attached hydrogens (tertiary/aromatic N) is 5. The number of hydrogen-bond acceptors (Lipinski definition) is 6. The Bertz CT molecular complexity index is 1260. The maximum Gasteiger partial charge on any atom is 0.433 e. The number of carbonyl (C=O) groups excluding carboxylic acids is 1. The molecule has 1 atom stereocenters. The number of rotatable bonds is 3. The molecule has 5 rings (SSSR count). The first-order valence-electron chi connectivity index (χ1n) is 9.57. The lowest BCUT2D eigenvalue weighted by Gasteiger charge is -2.22. The van der Waals surface area contributed by atoms with Crippen LogP contribution in [-0.2, 0) is 6.18 Å². The van der Waals surface area contributed by atoms with Crippen LogP contribution in [0, 0.1) is 6.92 Å². The highest BCUT2D eigenvalue weighted by Crippen LogP contribution is 2.36. The largest absolute Gasteiger partial charge is 0.433 e. The zero-order chi connectivity index (χ0) is 21.8. The Labute approximate surface area is 178 Å². The minimum Gasteiger partial charge on any atom is -0.359 e. The lowest BCUT2D eigenvalue weighted by atomic mass is 10.1. The zero-order valence-corrected chi connectivity index (χ0v) is 17.1. The number of aromatic nitrogens is 4. The predicted octanol–water partition coefficient (Wildman–Crippen LogP) is 4.75. The van der Waals surface area contributed by atoms with Crippen LogP contribution in [0.15, 0.2) is 40.4 Å². The van der Waals surface area contributed by atoms with Crippen LogP contribution in [0.25, 0.3) is 16.2 Å². The molecule has 4 aromatic heterocycles. The van der Waals surface area contributed by atoms with Gasteiger partial charge in [0.15, 0.2) is 17.1 Å². The Morgan fingerprint density at radius 2 is 2.16 bits per heavy atom. The van der Waals surface area contributed by atoms with Crippen LogP contribution in [0.3, 0.4) is 0 Å². The molecule has 0 aromatic carbocycles. The molecular weight excluding hydrogens is 431 g/mol. The summed E-state index contributed by atoms with van der Waals surface area (Å²) < 4.78 is 47.2. The normalized spacial score (nSPS) is 17.0. The zero-order valence-electron chi connectivity index (χ0n) is 16.3. The van der Waals surface area contributed by atoms with Crippen molar-refractivity contribution >= 4 is 22.9 Å². The molecule has 4 aromatic rings. The predicted molar refractivity (Wildman–Crippen MR) is 106 cm³/mol. The van der Waals surface area contributed by atoms with Crippen molar-refractivity contribution in [3.8, 4) is 10.6 Å². The van der Waals surface area contributed by atoms with E-state index in [0.29, 0.717) is 33.8 Å². The van der Waals surface area contributed by atoms with Gasteiger partial charge in [-0.1, -0.05) is 11.2 Å². The average molecular weight is 447 g/mol. The summed E-state index contributed by atoms with van der Waals surface area (Å²) in [4.78, 5) is 19.9. The third-order valence-corrected chi connectivity index (χ3v) is 6.15. The number of fused-ring (bicyclic) bond motifs is 1. The second-order valence-corrected chi connectivity index (χ2v) is 8.27. The Hall–Kier alpha value is -3.21. The highest BCUT2D eigenvalue weighted by atomic mass is 32.1. The number of aryl methyl sites for hydroxylation is 1. The van der Waals surface area contributed by atoms with Gasteiger partial charge in [-0.2, -0.15) is 18.3 Å². The van der Waals surface area contributed by atoms with E-state index in [4.69, 9.17) is 4.52 Å². The maximum atomic E-state index is 13.7. The van der Waals surface area contributed by atoms with Crippen molar-refractivity contribution in [2.24, 2.45) is 0 Å². The van der Waals surface area contributed by atoms with Crippen molar-refractivity contribution in [3.05, 3.63) is 58.6 Å². The van der Waals surface area contributed by atoms with Crippen molar-refractivity contribution in [1.29, 1.82) is 0 Å². The highest BCUT2D eigenvalue weighted by molar-refractivity contribution is 7.13. The molecule has 0 saturated carbocycles. The first kappa shape index (κ1) is 19.7. The summed E-state index contributed by atoms with van der Waals surface area (Å²) in [5.41, 5.74) is -0.242.